The molecule has 1 aromatic rings. The highest BCUT2D eigenvalue weighted by Crippen LogP contribution is 2.30. The summed E-state index contributed by atoms with van der Waals surface area (Å²) in [5.41, 5.74) is 0.580. The number of methoxy groups -OCH3 is 2. The van der Waals surface area contributed by atoms with Gasteiger partial charge in [-0.1, -0.05) is 13.8 Å². The largest absolute Gasteiger partial charge is 0.493 e. The fraction of sp³-hybridized carbons (Fsp3) is 0.750. The van der Waals surface area contributed by atoms with E-state index in [-0.39, 0.29) is 29.7 Å². The zero-order valence-corrected chi connectivity index (χ0v) is 26.2. The van der Waals surface area contributed by atoms with E-state index in [1.165, 1.54) is 0 Å². The number of ether oxygens (including phenoxy) is 4. The molecule has 0 bridgehead atoms. The summed E-state index contributed by atoms with van der Waals surface area (Å²) < 4.78 is 22.0. The van der Waals surface area contributed by atoms with Crippen LogP contribution < -0.4 is 14.8 Å². The van der Waals surface area contributed by atoms with Crippen LogP contribution in [0.15, 0.2) is 18.2 Å². The van der Waals surface area contributed by atoms with Crippen molar-refractivity contribution in [3.63, 3.8) is 0 Å². The van der Waals surface area contributed by atoms with Crippen LogP contribution in [0.3, 0.4) is 0 Å². The van der Waals surface area contributed by atoms with Gasteiger partial charge in [-0.3, -0.25) is 9.59 Å². The molecule has 1 aromatic carbocycles. The number of nitrogens with zero attached hydrogens (tertiary/aromatic N) is 2. The van der Waals surface area contributed by atoms with E-state index < -0.39 is 0 Å². The molecule has 0 aliphatic carbocycles. The lowest BCUT2D eigenvalue weighted by Crippen LogP contribution is -2.45. The Labute approximate surface area is 247 Å². The summed E-state index contributed by atoms with van der Waals surface area (Å²) in [6, 6.07) is 5.42. The highest BCUT2D eigenvalue weighted by atomic mass is 16.5. The zero-order chi connectivity index (χ0) is 29.8. The monoisotopic (exact) mass is 575 g/mol. The number of carbonyl (C=O) groups excluding carboxylic acids is 2. The van der Waals surface area contributed by atoms with Gasteiger partial charge in [0.2, 0.25) is 5.91 Å². The van der Waals surface area contributed by atoms with Crippen LogP contribution in [-0.2, 0) is 14.3 Å². The second kappa shape index (κ2) is 16.9. The highest BCUT2D eigenvalue weighted by molar-refractivity contribution is 5.95. The first kappa shape index (κ1) is 33.1. The maximum Gasteiger partial charge on any atom is 0.254 e. The Kier molecular flexibility index (Phi) is 13.7. The molecule has 3 rings (SSSR count). The van der Waals surface area contributed by atoms with Crippen LogP contribution in [0.25, 0.3) is 0 Å². The van der Waals surface area contributed by atoms with Gasteiger partial charge < -0.3 is 34.1 Å². The van der Waals surface area contributed by atoms with Crippen LogP contribution in [0.1, 0.15) is 63.7 Å². The minimum Gasteiger partial charge on any atom is -0.493 e. The number of hydrogen-bond acceptors (Lipinski definition) is 7. The zero-order valence-electron chi connectivity index (χ0n) is 26.2. The first-order valence-corrected chi connectivity index (χ1v) is 15.4. The van der Waals surface area contributed by atoms with Crippen molar-refractivity contribution in [3.05, 3.63) is 23.8 Å². The van der Waals surface area contributed by atoms with Crippen molar-refractivity contribution in [2.75, 3.05) is 73.4 Å². The molecule has 232 valence electrons. The van der Waals surface area contributed by atoms with E-state index in [4.69, 9.17) is 18.9 Å². The maximum atomic E-state index is 13.8. The van der Waals surface area contributed by atoms with Gasteiger partial charge in [-0.15, -0.1) is 0 Å². The number of hydrogen-bond donors (Lipinski definition) is 1. The molecule has 2 aliphatic rings. The summed E-state index contributed by atoms with van der Waals surface area (Å²) in [5, 5.41) is 3.54. The Morgan fingerprint density at radius 3 is 2.34 bits per heavy atom. The van der Waals surface area contributed by atoms with Crippen molar-refractivity contribution in [3.8, 4) is 11.5 Å². The average Bonchev–Trinajstić information content (AvgIpc) is 3.39. The lowest BCUT2D eigenvalue weighted by Gasteiger charge is -2.34. The Balaban J connectivity index is 1.69. The van der Waals surface area contributed by atoms with E-state index in [1.54, 1.807) is 26.4 Å². The molecule has 2 atom stereocenters. The van der Waals surface area contributed by atoms with Gasteiger partial charge in [0.15, 0.2) is 11.5 Å². The minimum absolute atomic E-state index is 0.0234. The molecule has 0 spiro atoms. The molecule has 9 nitrogen and oxygen atoms in total. The summed E-state index contributed by atoms with van der Waals surface area (Å²) in [6.07, 6.45) is 3.28. The number of rotatable bonds is 16. The number of nitrogens with one attached hydrogen (secondary N) is 1. The third-order valence-electron chi connectivity index (χ3n) is 8.15. The van der Waals surface area contributed by atoms with E-state index >= 15 is 0 Å². The van der Waals surface area contributed by atoms with Gasteiger partial charge >= 0.3 is 0 Å². The Hall–Kier alpha value is -2.36. The molecular weight excluding hydrogens is 522 g/mol. The van der Waals surface area contributed by atoms with Crippen molar-refractivity contribution in [2.24, 2.45) is 23.7 Å². The standard InChI is InChI=1S/C32H53N3O6/c1-23(2)20-34(31(36)16-25-10-14-40-15-11-25)21-27-18-33-19-28(27)22-35(24(3)4)32(37)26-8-9-29(39-6)30(17-26)41-13-7-12-38-5/h8-9,17,23-25,27-28,33H,7,10-16,18-22H2,1-6H3/t27-,28-/m0/s1. The second-order valence-electron chi connectivity index (χ2n) is 12.2. The average molecular weight is 576 g/mol. The van der Waals surface area contributed by atoms with Crippen molar-refractivity contribution in [2.45, 2.75) is 59.4 Å². The van der Waals surface area contributed by atoms with Crippen LogP contribution in [0.2, 0.25) is 0 Å². The molecule has 2 aliphatic heterocycles. The number of amides is 2. The van der Waals surface area contributed by atoms with Gasteiger partial charge in [0.1, 0.15) is 0 Å². The van der Waals surface area contributed by atoms with Crippen molar-refractivity contribution in [1.29, 1.82) is 0 Å². The molecule has 0 unspecified atom stereocenters. The fourth-order valence-electron chi connectivity index (χ4n) is 5.80. The Morgan fingerprint density at radius 2 is 1.71 bits per heavy atom. The molecule has 2 heterocycles. The maximum absolute atomic E-state index is 13.8. The lowest BCUT2D eigenvalue weighted by molar-refractivity contribution is -0.134. The molecule has 41 heavy (non-hydrogen) atoms. The van der Waals surface area contributed by atoms with Gasteiger partial charge in [-0.05, 0) is 68.6 Å². The summed E-state index contributed by atoms with van der Waals surface area (Å²) >= 11 is 0. The normalized spacial score (nSPS) is 19.5. The number of benzene rings is 1. The van der Waals surface area contributed by atoms with Crippen molar-refractivity contribution >= 4 is 11.8 Å². The van der Waals surface area contributed by atoms with Crippen LogP contribution in [0.4, 0.5) is 0 Å². The minimum atomic E-state index is -0.0234. The lowest BCUT2D eigenvalue weighted by atomic mass is 9.92. The molecular formula is C32H53N3O6. The third-order valence-corrected chi connectivity index (χ3v) is 8.15. The first-order chi connectivity index (χ1) is 19.7. The second-order valence-corrected chi connectivity index (χ2v) is 12.2. The summed E-state index contributed by atoms with van der Waals surface area (Å²) in [7, 11) is 3.27. The molecule has 0 aromatic heterocycles. The molecule has 9 heteroatoms. The Bertz CT molecular complexity index is 949. The van der Waals surface area contributed by atoms with Gasteiger partial charge in [-0.25, -0.2) is 0 Å². The van der Waals surface area contributed by atoms with Crippen molar-refractivity contribution < 1.29 is 28.5 Å². The van der Waals surface area contributed by atoms with Gasteiger partial charge in [-0.2, -0.15) is 0 Å². The van der Waals surface area contributed by atoms with E-state index in [0.29, 0.717) is 55.1 Å². The quantitative estimate of drug-likeness (QED) is 0.297. The van der Waals surface area contributed by atoms with E-state index in [9.17, 15) is 9.59 Å². The molecule has 2 saturated heterocycles. The smallest absolute Gasteiger partial charge is 0.254 e. The third kappa shape index (κ3) is 10.1. The van der Waals surface area contributed by atoms with Gasteiger partial charge in [0, 0.05) is 84.1 Å². The predicted octanol–water partition coefficient (Wildman–Crippen LogP) is 4.10. The van der Waals surface area contributed by atoms with E-state index in [0.717, 1.165) is 58.7 Å². The van der Waals surface area contributed by atoms with Gasteiger partial charge in [0.05, 0.1) is 13.7 Å². The Morgan fingerprint density at radius 1 is 1.00 bits per heavy atom. The molecule has 2 amide bonds. The predicted molar refractivity (Wildman–Crippen MR) is 161 cm³/mol. The van der Waals surface area contributed by atoms with E-state index in [2.05, 4.69) is 37.9 Å². The van der Waals surface area contributed by atoms with Crippen LogP contribution in [-0.4, -0.2) is 101 Å². The number of carbonyl (C=O) groups is 2. The fourth-order valence-corrected chi connectivity index (χ4v) is 5.80. The molecule has 0 radical (unpaired) electrons. The summed E-state index contributed by atoms with van der Waals surface area (Å²) in [6.45, 7) is 14.9. The topological polar surface area (TPSA) is 89.6 Å². The highest BCUT2D eigenvalue weighted by Gasteiger charge is 2.34. The van der Waals surface area contributed by atoms with E-state index in [1.807, 2.05) is 11.0 Å². The summed E-state index contributed by atoms with van der Waals surface area (Å²) in [5.74, 6) is 2.75. The first-order valence-electron chi connectivity index (χ1n) is 15.4. The molecule has 2 fully saturated rings. The summed E-state index contributed by atoms with van der Waals surface area (Å²) in [4.78, 5) is 31.3. The molecule has 0 saturated carbocycles. The van der Waals surface area contributed by atoms with Gasteiger partial charge in [0.25, 0.3) is 5.91 Å². The van der Waals surface area contributed by atoms with Crippen LogP contribution in [0.5, 0.6) is 11.5 Å². The molecule has 1 N–H and O–H groups in total. The van der Waals surface area contributed by atoms with Crippen molar-refractivity contribution in [1.82, 2.24) is 15.1 Å². The van der Waals surface area contributed by atoms with Crippen LogP contribution in [0, 0.1) is 23.7 Å². The SMILES string of the molecule is COCCCOc1cc(C(=O)N(C[C@@H]2CNC[C@H]2CN(CC(C)C)C(=O)CC2CCOCC2)C(C)C)ccc1OC. The van der Waals surface area contributed by atoms with Crippen LogP contribution >= 0.6 is 0 Å².